The van der Waals surface area contributed by atoms with Crippen LogP contribution in [0, 0.1) is 12.8 Å². The highest BCUT2D eigenvalue weighted by Gasteiger charge is 2.32. The van der Waals surface area contributed by atoms with Crippen molar-refractivity contribution in [1.82, 2.24) is 24.5 Å². The molecule has 8 heteroatoms. The summed E-state index contributed by atoms with van der Waals surface area (Å²) >= 11 is 1.41. The molecular formula is C14H22N6OS. The Hall–Kier alpha value is -1.54. The van der Waals surface area contributed by atoms with E-state index in [4.69, 9.17) is 4.74 Å². The maximum absolute atomic E-state index is 5.80. The van der Waals surface area contributed by atoms with Crippen molar-refractivity contribution in [2.45, 2.75) is 45.6 Å². The fraction of sp³-hybridized carbons (Fsp3) is 0.714. The largest absolute Gasteiger partial charge is 0.370 e. The zero-order chi connectivity index (χ0) is 15.7. The summed E-state index contributed by atoms with van der Waals surface area (Å²) in [4.78, 5) is 8.95. The van der Waals surface area contributed by atoms with E-state index >= 15 is 0 Å². The molecule has 22 heavy (non-hydrogen) atoms. The van der Waals surface area contributed by atoms with Crippen molar-refractivity contribution in [2.24, 2.45) is 5.92 Å². The van der Waals surface area contributed by atoms with Gasteiger partial charge in [0, 0.05) is 36.0 Å². The van der Waals surface area contributed by atoms with Crippen LogP contribution in [-0.4, -0.2) is 37.7 Å². The van der Waals surface area contributed by atoms with Gasteiger partial charge in [0.2, 0.25) is 5.13 Å². The molecule has 2 aromatic rings. The molecule has 0 saturated carbocycles. The van der Waals surface area contributed by atoms with Gasteiger partial charge < -0.3 is 10.1 Å². The second-order valence-corrected chi connectivity index (χ2v) is 7.43. The first-order valence-electron chi connectivity index (χ1n) is 7.52. The van der Waals surface area contributed by atoms with Crippen LogP contribution in [0.15, 0.2) is 0 Å². The highest BCUT2D eigenvalue weighted by Crippen LogP contribution is 2.33. The van der Waals surface area contributed by atoms with E-state index in [1.165, 1.54) is 11.5 Å². The molecule has 1 aliphatic rings. The number of aromatic amines is 1. The van der Waals surface area contributed by atoms with Crippen LogP contribution >= 0.6 is 11.5 Å². The highest BCUT2D eigenvalue weighted by molar-refractivity contribution is 7.09. The van der Waals surface area contributed by atoms with Crippen molar-refractivity contribution >= 4 is 16.7 Å². The standard InChI is InChI=1S/C14H22N6OS/c1-8-16-11(19-18-8)10-9(5-6-21-10)7-15-13-17-12(20-22-13)14(2,3)4/h9-10H,5-7H2,1-4H3,(H,15,17,20)(H,16,18,19)/t9-,10-/m1/s1. The number of aromatic nitrogens is 5. The van der Waals surface area contributed by atoms with E-state index in [0.29, 0.717) is 5.92 Å². The molecule has 0 radical (unpaired) electrons. The minimum atomic E-state index is -0.0487. The molecular weight excluding hydrogens is 300 g/mol. The smallest absolute Gasteiger partial charge is 0.202 e. The summed E-state index contributed by atoms with van der Waals surface area (Å²) in [7, 11) is 0. The van der Waals surface area contributed by atoms with Gasteiger partial charge in [-0.3, -0.25) is 5.10 Å². The molecule has 1 fully saturated rings. The maximum Gasteiger partial charge on any atom is 0.202 e. The predicted molar refractivity (Wildman–Crippen MR) is 85.0 cm³/mol. The zero-order valence-electron chi connectivity index (χ0n) is 13.4. The number of hydrogen-bond acceptors (Lipinski definition) is 7. The number of hydrogen-bond donors (Lipinski definition) is 2. The van der Waals surface area contributed by atoms with Gasteiger partial charge in [-0.1, -0.05) is 20.8 Å². The van der Waals surface area contributed by atoms with Gasteiger partial charge in [0.05, 0.1) is 0 Å². The van der Waals surface area contributed by atoms with E-state index in [0.717, 1.165) is 42.2 Å². The fourth-order valence-electron chi connectivity index (χ4n) is 2.43. The molecule has 120 valence electrons. The monoisotopic (exact) mass is 322 g/mol. The molecule has 7 nitrogen and oxygen atoms in total. The van der Waals surface area contributed by atoms with E-state index in [1.807, 2.05) is 6.92 Å². The molecule has 1 saturated heterocycles. The summed E-state index contributed by atoms with van der Waals surface area (Å²) in [5, 5.41) is 11.4. The van der Waals surface area contributed by atoms with E-state index in [9.17, 15) is 0 Å². The van der Waals surface area contributed by atoms with Crippen LogP contribution in [-0.2, 0) is 10.2 Å². The third-order valence-electron chi connectivity index (χ3n) is 3.70. The summed E-state index contributed by atoms with van der Waals surface area (Å²) in [6.45, 7) is 9.78. The Morgan fingerprint density at radius 2 is 2.18 bits per heavy atom. The maximum atomic E-state index is 5.80. The van der Waals surface area contributed by atoms with Gasteiger partial charge in [-0.05, 0) is 13.3 Å². The van der Waals surface area contributed by atoms with Crippen molar-refractivity contribution in [3.8, 4) is 0 Å². The van der Waals surface area contributed by atoms with E-state index in [1.54, 1.807) is 0 Å². The lowest BCUT2D eigenvalue weighted by Crippen LogP contribution is -2.19. The molecule has 3 rings (SSSR count). The Bertz CT molecular complexity index is 631. The lowest BCUT2D eigenvalue weighted by Gasteiger charge is -2.16. The summed E-state index contributed by atoms with van der Waals surface area (Å²) in [6, 6.07) is 0. The number of aryl methyl sites for hydroxylation is 1. The number of anilines is 1. The van der Waals surface area contributed by atoms with Crippen molar-refractivity contribution in [2.75, 3.05) is 18.5 Å². The Balaban J connectivity index is 1.62. The van der Waals surface area contributed by atoms with Crippen LogP contribution in [0.1, 0.15) is 50.8 Å². The number of H-pyrrole nitrogens is 1. The van der Waals surface area contributed by atoms with Crippen molar-refractivity contribution < 1.29 is 4.74 Å². The average molecular weight is 322 g/mol. The molecule has 0 aromatic carbocycles. The van der Waals surface area contributed by atoms with E-state index in [2.05, 4.69) is 50.6 Å². The minimum Gasteiger partial charge on any atom is -0.370 e. The molecule has 0 spiro atoms. The molecule has 0 unspecified atom stereocenters. The Morgan fingerprint density at radius 3 is 2.82 bits per heavy atom. The second kappa shape index (κ2) is 5.92. The van der Waals surface area contributed by atoms with Crippen LogP contribution in [0.2, 0.25) is 0 Å². The Labute approximate surface area is 134 Å². The SMILES string of the molecule is Cc1nc([C@@H]2OCC[C@@H]2CNc2nc(C(C)(C)C)ns2)n[nH]1. The lowest BCUT2D eigenvalue weighted by atomic mass is 9.96. The normalized spacial score (nSPS) is 22.2. The van der Waals surface area contributed by atoms with Crippen molar-refractivity contribution in [3.63, 3.8) is 0 Å². The molecule has 2 atom stereocenters. The Kier molecular flexibility index (Phi) is 4.14. The minimum absolute atomic E-state index is 0.0219. The van der Waals surface area contributed by atoms with E-state index < -0.39 is 0 Å². The van der Waals surface area contributed by atoms with Crippen molar-refractivity contribution in [3.05, 3.63) is 17.5 Å². The van der Waals surface area contributed by atoms with Crippen LogP contribution in [0.25, 0.3) is 0 Å². The zero-order valence-corrected chi connectivity index (χ0v) is 14.2. The molecule has 1 aliphatic heterocycles. The summed E-state index contributed by atoms with van der Waals surface area (Å²) in [6.07, 6.45) is 0.948. The number of nitrogens with zero attached hydrogens (tertiary/aromatic N) is 4. The van der Waals surface area contributed by atoms with Gasteiger partial charge in [0.15, 0.2) is 5.82 Å². The Morgan fingerprint density at radius 1 is 1.36 bits per heavy atom. The van der Waals surface area contributed by atoms with Gasteiger partial charge in [-0.15, -0.1) is 0 Å². The van der Waals surface area contributed by atoms with Crippen LogP contribution < -0.4 is 5.32 Å². The quantitative estimate of drug-likeness (QED) is 0.899. The molecule has 0 aliphatic carbocycles. The van der Waals surface area contributed by atoms with E-state index in [-0.39, 0.29) is 11.5 Å². The predicted octanol–water partition coefficient (Wildman–Crippen LogP) is 2.45. The molecule has 0 amide bonds. The third-order valence-corrected chi connectivity index (χ3v) is 4.37. The summed E-state index contributed by atoms with van der Waals surface area (Å²) in [5.74, 6) is 2.78. The lowest BCUT2D eigenvalue weighted by molar-refractivity contribution is 0.0864. The van der Waals surface area contributed by atoms with Gasteiger partial charge >= 0.3 is 0 Å². The third kappa shape index (κ3) is 3.27. The number of rotatable bonds is 4. The first kappa shape index (κ1) is 15.4. The van der Waals surface area contributed by atoms with Gasteiger partial charge in [0.1, 0.15) is 17.8 Å². The van der Waals surface area contributed by atoms with Crippen LogP contribution in [0.3, 0.4) is 0 Å². The summed E-state index contributed by atoms with van der Waals surface area (Å²) in [5.41, 5.74) is -0.0219. The fourth-order valence-corrected chi connectivity index (χ4v) is 3.20. The van der Waals surface area contributed by atoms with Crippen LogP contribution in [0.5, 0.6) is 0 Å². The molecule has 2 N–H and O–H groups in total. The second-order valence-electron chi connectivity index (χ2n) is 6.67. The topological polar surface area (TPSA) is 88.6 Å². The van der Waals surface area contributed by atoms with Gasteiger partial charge in [-0.25, -0.2) is 9.97 Å². The number of ether oxygens (including phenoxy) is 1. The molecule has 2 aromatic heterocycles. The van der Waals surface area contributed by atoms with Crippen molar-refractivity contribution in [1.29, 1.82) is 0 Å². The summed E-state index contributed by atoms with van der Waals surface area (Å²) < 4.78 is 10.2. The number of nitrogens with one attached hydrogen (secondary N) is 2. The highest BCUT2D eigenvalue weighted by atomic mass is 32.1. The first-order chi connectivity index (χ1) is 10.4. The first-order valence-corrected chi connectivity index (χ1v) is 8.29. The molecule has 0 bridgehead atoms. The molecule has 3 heterocycles. The van der Waals surface area contributed by atoms with Gasteiger partial charge in [-0.2, -0.15) is 9.47 Å². The van der Waals surface area contributed by atoms with Crippen LogP contribution in [0.4, 0.5) is 5.13 Å². The average Bonchev–Trinajstić information content (AvgIpc) is 3.15. The van der Waals surface area contributed by atoms with Gasteiger partial charge in [0.25, 0.3) is 0 Å².